The first kappa shape index (κ1) is 15.2. The summed E-state index contributed by atoms with van der Waals surface area (Å²) in [6, 6.07) is 0.722. The van der Waals surface area contributed by atoms with Crippen LogP contribution in [-0.2, 0) is 4.74 Å². The molecule has 0 saturated heterocycles. The average Bonchev–Trinajstić information content (AvgIpc) is 2.42. The van der Waals surface area contributed by atoms with Crippen LogP contribution in [-0.4, -0.2) is 55.5 Å². The Morgan fingerprint density at radius 1 is 1.39 bits per heavy atom. The maximum absolute atomic E-state index is 11.1. The van der Waals surface area contributed by atoms with E-state index in [2.05, 4.69) is 17.3 Å². The van der Waals surface area contributed by atoms with Crippen LogP contribution in [0.3, 0.4) is 0 Å². The Hall–Kier alpha value is -0.810. The van der Waals surface area contributed by atoms with Gasteiger partial charge in [0.25, 0.3) is 0 Å². The summed E-state index contributed by atoms with van der Waals surface area (Å²) in [7, 11) is 2.17. The van der Waals surface area contributed by atoms with Gasteiger partial charge in [-0.3, -0.25) is 0 Å². The molecule has 1 aliphatic carbocycles. The van der Waals surface area contributed by atoms with Crippen molar-refractivity contribution in [1.82, 2.24) is 10.2 Å². The highest BCUT2D eigenvalue weighted by Gasteiger charge is 2.17. The second kappa shape index (κ2) is 9.16. The topological polar surface area (TPSA) is 61.8 Å². The summed E-state index contributed by atoms with van der Waals surface area (Å²) in [6.45, 7) is 1.57. The van der Waals surface area contributed by atoms with Crippen LogP contribution in [0.2, 0.25) is 0 Å². The maximum atomic E-state index is 11.1. The van der Waals surface area contributed by atoms with Gasteiger partial charge in [-0.2, -0.15) is 0 Å². The first-order chi connectivity index (χ1) is 8.74. The minimum atomic E-state index is -0.440. The molecule has 0 aliphatic heterocycles. The van der Waals surface area contributed by atoms with E-state index in [0.29, 0.717) is 6.54 Å². The lowest BCUT2D eigenvalue weighted by Gasteiger charge is -2.31. The van der Waals surface area contributed by atoms with E-state index in [1.807, 2.05) is 0 Å². The molecule has 0 heterocycles. The smallest absolute Gasteiger partial charge is 0.407 e. The Bertz CT molecular complexity index is 230. The lowest BCUT2D eigenvalue weighted by molar-refractivity contribution is 0.118. The van der Waals surface area contributed by atoms with Crippen LogP contribution < -0.4 is 5.32 Å². The molecule has 106 valence electrons. The Labute approximate surface area is 109 Å². The third-order valence-electron chi connectivity index (χ3n) is 3.48. The van der Waals surface area contributed by atoms with Gasteiger partial charge in [-0.25, -0.2) is 4.79 Å². The van der Waals surface area contributed by atoms with E-state index >= 15 is 0 Å². The van der Waals surface area contributed by atoms with Gasteiger partial charge in [-0.1, -0.05) is 19.3 Å². The molecule has 5 nitrogen and oxygen atoms in total. The Kier molecular flexibility index (Phi) is 7.76. The van der Waals surface area contributed by atoms with Crippen molar-refractivity contribution in [3.8, 4) is 0 Å². The number of alkyl carbamates (subject to hydrolysis) is 1. The normalized spacial score (nSPS) is 16.8. The fraction of sp³-hybridized carbons (Fsp3) is 0.923. The van der Waals surface area contributed by atoms with Crippen LogP contribution in [0.4, 0.5) is 4.79 Å². The number of ether oxygens (including phenoxy) is 1. The number of aliphatic hydroxyl groups excluding tert-OH is 1. The van der Waals surface area contributed by atoms with Gasteiger partial charge >= 0.3 is 6.09 Å². The molecule has 18 heavy (non-hydrogen) atoms. The molecule has 0 spiro atoms. The monoisotopic (exact) mass is 258 g/mol. The van der Waals surface area contributed by atoms with Crippen LogP contribution >= 0.6 is 0 Å². The third-order valence-corrected chi connectivity index (χ3v) is 3.48. The highest BCUT2D eigenvalue weighted by molar-refractivity contribution is 5.66. The van der Waals surface area contributed by atoms with Gasteiger partial charge in [0, 0.05) is 12.6 Å². The number of aliphatic hydroxyl groups is 1. The van der Waals surface area contributed by atoms with E-state index in [0.717, 1.165) is 19.0 Å². The molecule has 0 atom stereocenters. The number of hydrogen-bond donors (Lipinski definition) is 2. The second-order valence-electron chi connectivity index (χ2n) is 4.91. The van der Waals surface area contributed by atoms with Crippen molar-refractivity contribution < 1.29 is 14.6 Å². The molecule has 0 aromatic carbocycles. The number of carbonyl (C=O) groups is 1. The quantitative estimate of drug-likeness (QED) is 0.677. The molecular weight excluding hydrogens is 232 g/mol. The van der Waals surface area contributed by atoms with E-state index in [9.17, 15) is 4.79 Å². The molecule has 0 unspecified atom stereocenters. The summed E-state index contributed by atoms with van der Waals surface area (Å²) < 4.78 is 4.70. The lowest BCUT2D eigenvalue weighted by Crippen LogP contribution is -2.36. The average molecular weight is 258 g/mol. The van der Waals surface area contributed by atoms with Crippen LogP contribution in [0, 0.1) is 0 Å². The Morgan fingerprint density at radius 3 is 2.78 bits per heavy atom. The molecule has 0 aromatic heterocycles. The number of rotatable bonds is 7. The number of hydrogen-bond acceptors (Lipinski definition) is 4. The van der Waals surface area contributed by atoms with Crippen LogP contribution in [0.5, 0.6) is 0 Å². The number of amides is 1. The molecule has 0 bridgehead atoms. The fourth-order valence-corrected chi connectivity index (χ4v) is 2.41. The van der Waals surface area contributed by atoms with Crippen LogP contribution in [0.25, 0.3) is 0 Å². The van der Waals surface area contributed by atoms with Gasteiger partial charge in [-0.15, -0.1) is 0 Å². The highest BCUT2D eigenvalue weighted by atomic mass is 16.6. The largest absolute Gasteiger partial charge is 0.447 e. The van der Waals surface area contributed by atoms with Gasteiger partial charge in [-0.05, 0) is 32.9 Å². The predicted octanol–water partition coefficient (Wildman–Crippen LogP) is 1.36. The second-order valence-corrected chi connectivity index (χ2v) is 4.91. The summed E-state index contributed by atoms with van der Waals surface area (Å²) in [5, 5.41) is 11.2. The van der Waals surface area contributed by atoms with E-state index < -0.39 is 6.09 Å². The highest BCUT2D eigenvalue weighted by Crippen LogP contribution is 2.21. The summed E-state index contributed by atoms with van der Waals surface area (Å²) in [4.78, 5) is 13.5. The van der Waals surface area contributed by atoms with E-state index in [-0.39, 0.29) is 13.2 Å². The summed E-state index contributed by atoms with van der Waals surface area (Å²) in [5.41, 5.74) is 0. The van der Waals surface area contributed by atoms with Gasteiger partial charge in [0.1, 0.15) is 6.61 Å². The minimum absolute atomic E-state index is 0.0633. The fourth-order valence-electron chi connectivity index (χ4n) is 2.41. The third kappa shape index (κ3) is 6.21. The zero-order chi connectivity index (χ0) is 13.2. The summed E-state index contributed by atoms with van der Waals surface area (Å²) in [6.07, 6.45) is 7.18. The molecule has 0 radical (unpaired) electrons. The molecule has 5 heteroatoms. The van der Waals surface area contributed by atoms with Crippen molar-refractivity contribution >= 4 is 6.09 Å². The Morgan fingerprint density at radius 2 is 2.11 bits per heavy atom. The molecule has 1 saturated carbocycles. The zero-order valence-electron chi connectivity index (χ0n) is 11.4. The van der Waals surface area contributed by atoms with Crippen LogP contribution in [0.15, 0.2) is 0 Å². The SMILES string of the molecule is CN(CCCNC(=O)OCCO)C1CCCCC1. The van der Waals surface area contributed by atoms with Gasteiger partial charge < -0.3 is 20.1 Å². The van der Waals surface area contributed by atoms with E-state index in [1.165, 1.54) is 32.1 Å². The van der Waals surface area contributed by atoms with Crippen molar-refractivity contribution in [2.24, 2.45) is 0 Å². The number of nitrogens with one attached hydrogen (secondary N) is 1. The van der Waals surface area contributed by atoms with Crippen molar-refractivity contribution in [2.75, 3.05) is 33.4 Å². The number of nitrogens with zero attached hydrogens (tertiary/aromatic N) is 1. The number of carbonyl (C=O) groups excluding carboxylic acids is 1. The lowest BCUT2D eigenvalue weighted by atomic mass is 9.94. The molecule has 1 fully saturated rings. The standard InChI is InChI=1S/C13H26N2O3/c1-15(12-6-3-2-4-7-12)9-5-8-14-13(17)18-11-10-16/h12,16H,2-11H2,1H3,(H,14,17). The zero-order valence-corrected chi connectivity index (χ0v) is 11.4. The predicted molar refractivity (Wildman–Crippen MR) is 70.6 cm³/mol. The molecule has 1 amide bonds. The summed E-state index contributed by atoms with van der Waals surface area (Å²) >= 11 is 0. The van der Waals surface area contributed by atoms with Crippen molar-refractivity contribution in [1.29, 1.82) is 0 Å². The van der Waals surface area contributed by atoms with E-state index in [4.69, 9.17) is 9.84 Å². The van der Waals surface area contributed by atoms with E-state index in [1.54, 1.807) is 0 Å². The molecule has 0 aromatic rings. The molecule has 2 N–H and O–H groups in total. The van der Waals surface area contributed by atoms with Gasteiger partial charge in [0.05, 0.1) is 6.61 Å². The first-order valence-electron chi connectivity index (χ1n) is 6.95. The van der Waals surface area contributed by atoms with Crippen molar-refractivity contribution in [3.63, 3.8) is 0 Å². The minimum Gasteiger partial charge on any atom is -0.447 e. The van der Waals surface area contributed by atoms with Crippen molar-refractivity contribution in [3.05, 3.63) is 0 Å². The van der Waals surface area contributed by atoms with Crippen LogP contribution in [0.1, 0.15) is 38.5 Å². The molecule has 1 rings (SSSR count). The molecule has 1 aliphatic rings. The van der Waals surface area contributed by atoms with Gasteiger partial charge in [0.2, 0.25) is 0 Å². The molecular formula is C13H26N2O3. The van der Waals surface area contributed by atoms with Gasteiger partial charge in [0.15, 0.2) is 0 Å². The first-order valence-corrected chi connectivity index (χ1v) is 6.95. The Balaban J connectivity index is 2.01. The van der Waals surface area contributed by atoms with Crippen molar-refractivity contribution in [2.45, 2.75) is 44.6 Å². The maximum Gasteiger partial charge on any atom is 0.407 e. The summed E-state index contributed by atoms with van der Waals surface area (Å²) in [5.74, 6) is 0.